The van der Waals surface area contributed by atoms with E-state index >= 15 is 0 Å². The quantitative estimate of drug-likeness (QED) is 0.419. The van der Waals surface area contributed by atoms with Crippen LogP contribution in [-0.2, 0) is 0 Å². The van der Waals surface area contributed by atoms with E-state index in [2.05, 4.69) is 15.9 Å². The topological polar surface area (TPSA) is 35.0 Å². The summed E-state index contributed by atoms with van der Waals surface area (Å²) in [5, 5.41) is 0.218. The van der Waals surface area contributed by atoms with Gasteiger partial charge < -0.3 is 4.74 Å². The summed E-state index contributed by atoms with van der Waals surface area (Å²) >= 11 is 5.49. The maximum absolute atomic E-state index is 5.49. The van der Waals surface area contributed by atoms with Gasteiger partial charge in [-0.1, -0.05) is 0 Å². The molecule has 4 heteroatoms. The highest BCUT2D eigenvalue weighted by atomic mass is 35.5. The molecule has 0 bridgehead atoms. The Morgan fingerprint density at radius 1 is 1.46 bits per heavy atom. The molecule has 0 N–H and O–H groups in total. The number of hydrogen-bond acceptors (Lipinski definition) is 3. The summed E-state index contributed by atoms with van der Waals surface area (Å²) in [6.45, 7) is 0.579. The second kappa shape index (κ2) is 5.39. The summed E-state index contributed by atoms with van der Waals surface area (Å²) in [6.07, 6.45) is 9.70. The Balaban J connectivity index is 2.30. The van der Waals surface area contributed by atoms with Crippen LogP contribution in [0.4, 0.5) is 0 Å². The third kappa shape index (κ3) is 3.77. The predicted octanol–water partition coefficient (Wildman–Crippen LogP) is 1.92. The fourth-order valence-corrected chi connectivity index (χ4v) is 0.837. The minimum Gasteiger partial charge on any atom is -0.490 e. The molecule has 0 aliphatic heterocycles. The summed E-state index contributed by atoms with van der Waals surface area (Å²) < 4.78 is 5.28. The lowest BCUT2D eigenvalue weighted by Crippen LogP contribution is -1.97. The molecule has 1 heterocycles. The zero-order chi connectivity index (χ0) is 9.52. The molecule has 0 amide bonds. The Labute approximate surface area is 82.1 Å². The first kappa shape index (κ1) is 9.82. The first-order valence-corrected chi connectivity index (χ1v) is 4.24. The number of nitrogens with zero attached hydrogens (tertiary/aromatic N) is 2. The fraction of sp³-hybridized carbons (Fsp3) is 0.333. The lowest BCUT2D eigenvalue weighted by molar-refractivity contribution is 0.310. The number of halogens is 1. The van der Waals surface area contributed by atoms with E-state index in [1.165, 1.54) is 12.4 Å². The second-order valence-electron chi connectivity index (χ2n) is 2.34. The van der Waals surface area contributed by atoms with Gasteiger partial charge in [-0.25, -0.2) is 9.97 Å². The van der Waals surface area contributed by atoms with Crippen LogP contribution in [0.5, 0.6) is 5.75 Å². The Hall–Kier alpha value is -1.27. The van der Waals surface area contributed by atoms with Gasteiger partial charge in [0.05, 0.1) is 19.0 Å². The predicted molar refractivity (Wildman–Crippen MR) is 50.6 cm³/mol. The van der Waals surface area contributed by atoms with Crippen molar-refractivity contribution in [3.8, 4) is 18.1 Å². The van der Waals surface area contributed by atoms with Crippen LogP contribution in [0.2, 0.25) is 5.28 Å². The van der Waals surface area contributed by atoms with Crippen LogP contribution in [0.3, 0.4) is 0 Å². The van der Waals surface area contributed by atoms with Crippen molar-refractivity contribution in [2.24, 2.45) is 0 Å². The van der Waals surface area contributed by atoms with Gasteiger partial charge in [0.2, 0.25) is 5.28 Å². The second-order valence-corrected chi connectivity index (χ2v) is 2.68. The Kier molecular flexibility index (Phi) is 4.07. The smallest absolute Gasteiger partial charge is 0.222 e. The summed E-state index contributed by atoms with van der Waals surface area (Å²) in [5.41, 5.74) is 0. The molecular weight excluding hydrogens is 188 g/mol. The molecule has 0 saturated carbocycles. The Bertz CT molecular complexity index is 291. The molecule has 1 aromatic rings. The van der Waals surface area contributed by atoms with E-state index in [1.807, 2.05) is 0 Å². The van der Waals surface area contributed by atoms with E-state index in [1.54, 1.807) is 0 Å². The molecule has 0 spiro atoms. The maximum atomic E-state index is 5.49. The number of terminal acetylenes is 1. The van der Waals surface area contributed by atoms with E-state index in [4.69, 9.17) is 22.8 Å². The Morgan fingerprint density at radius 2 is 2.15 bits per heavy atom. The number of unbranched alkanes of at least 4 members (excludes halogenated alkanes) is 1. The molecule has 0 fully saturated rings. The normalized spacial score (nSPS) is 9.23. The number of ether oxygens (including phenoxy) is 1. The molecule has 0 aliphatic carbocycles. The van der Waals surface area contributed by atoms with Gasteiger partial charge in [-0.15, -0.1) is 12.3 Å². The van der Waals surface area contributed by atoms with Gasteiger partial charge in [0.15, 0.2) is 5.75 Å². The van der Waals surface area contributed by atoms with Gasteiger partial charge in [-0.2, -0.15) is 0 Å². The summed E-state index contributed by atoms with van der Waals surface area (Å²) in [7, 11) is 0. The first-order chi connectivity index (χ1) is 6.33. The van der Waals surface area contributed by atoms with E-state index in [0.29, 0.717) is 18.8 Å². The van der Waals surface area contributed by atoms with Crippen molar-refractivity contribution in [2.75, 3.05) is 6.61 Å². The van der Waals surface area contributed by atoms with E-state index in [-0.39, 0.29) is 5.28 Å². The van der Waals surface area contributed by atoms with Crippen LogP contribution in [0.25, 0.3) is 0 Å². The van der Waals surface area contributed by atoms with Crippen molar-refractivity contribution < 1.29 is 4.74 Å². The molecule has 68 valence electrons. The molecule has 0 aromatic carbocycles. The summed E-state index contributed by atoms with van der Waals surface area (Å²) in [4.78, 5) is 7.53. The zero-order valence-electron chi connectivity index (χ0n) is 7.03. The van der Waals surface area contributed by atoms with Gasteiger partial charge in [0.25, 0.3) is 0 Å². The van der Waals surface area contributed by atoms with E-state index in [9.17, 15) is 0 Å². The highest BCUT2D eigenvalue weighted by molar-refractivity contribution is 6.28. The van der Waals surface area contributed by atoms with Crippen LogP contribution in [0, 0.1) is 12.3 Å². The highest BCUT2D eigenvalue weighted by Gasteiger charge is 1.94. The van der Waals surface area contributed by atoms with Crippen molar-refractivity contribution in [3.05, 3.63) is 17.7 Å². The summed E-state index contributed by atoms with van der Waals surface area (Å²) in [6, 6.07) is 0. The summed E-state index contributed by atoms with van der Waals surface area (Å²) in [5.74, 6) is 3.14. The molecule has 13 heavy (non-hydrogen) atoms. The van der Waals surface area contributed by atoms with Crippen molar-refractivity contribution in [2.45, 2.75) is 12.8 Å². The molecule has 3 nitrogen and oxygen atoms in total. The third-order valence-corrected chi connectivity index (χ3v) is 1.53. The molecule has 0 atom stereocenters. The van der Waals surface area contributed by atoms with Gasteiger partial charge >= 0.3 is 0 Å². The average Bonchev–Trinajstić information content (AvgIpc) is 2.15. The molecule has 0 unspecified atom stereocenters. The van der Waals surface area contributed by atoms with Crippen LogP contribution in [0.15, 0.2) is 12.4 Å². The number of hydrogen-bond donors (Lipinski definition) is 0. The molecular formula is C9H9ClN2O. The molecule has 1 aromatic heterocycles. The molecule has 1 rings (SSSR count). The fourth-order valence-electron chi connectivity index (χ4n) is 0.739. The average molecular weight is 197 g/mol. The largest absolute Gasteiger partial charge is 0.490 e. The highest BCUT2D eigenvalue weighted by Crippen LogP contribution is 2.08. The standard InChI is InChI=1S/C9H9ClN2O/c1-2-3-4-5-13-8-6-11-9(10)12-7-8/h1,6-7H,3-5H2. The van der Waals surface area contributed by atoms with Crippen LogP contribution >= 0.6 is 11.6 Å². The monoisotopic (exact) mass is 196 g/mol. The SMILES string of the molecule is C#CCCCOc1cnc(Cl)nc1. The van der Waals surface area contributed by atoms with Crippen LogP contribution in [0.1, 0.15) is 12.8 Å². The van der Waals surface area contributed by atoms with Gasteiger partial charge in [-0.3, -0.25) is 0 Å². The first-order valence-electron chi connectivity index (χ1n) is 3.86. The van der Waals surface area contributed by atoms with Crippen molar-refractivity contribution in [1.82, 2.24) is 9.97 Å². The molecule has 0 aliphatic rings. The minimum atomic E-state index is 0.218. The van der Waals surface area contributed by atoms with E-state index < -0.39 is 0 Å². The number of rotatable bonds is 4. The third-order valence-electron chi connectivity index (χ3n) is 1.33. The van der Waals surface area contributed by atoms with Crippen molar-refractivity contribution in [1.29, 1.82) is 0 Å². The van der Waals surface area contributed by atoms with Gasteiger partial charge in [0, 0.05) is 6.42 Å². The van der Waals surface area contributed by atoms with E-state index in [0.717, 1.165) is 6.42 Å². The van der Waals surface area contributed by atoms with Crippen molar-refractivity contribution in [3.63, 3.8) is 0 Å². The van der Waals surface area contributed by atoms with Crippen LogP contribution in [-0.4, -0.2) is 16.6 Å². The number of aromatic nitrogens is 2. The minimum absolute atomic E-state index is 0.218. The molecule has 0 radical (unpaired) electrons. The van der Waals surface area contributed by atoms with Gasteiger partial charge in [-0.05, 0) is 18.0 Å². The lowest BCUT2D eigenvalue weighted by atomic mass is 10.3. The molecule has 0 saturated heterocycles. The zero-order valence-corrected chi connectivity index (χ0v) is 7.79. The Morgan fingerprint density at radius 3 is 2.77 bits per heavy atom. The van der Waals surface area contributed by atoms with Crippen LogP contribution < -0.4 is 4.74 Å². The maximum Gasteiger partial charge on any atom is 0.222 e. The lowest BCUT2D eigenvalue weighted by Gasteiger charge is -2.02. The van der Waals surface area contributed by atoms with Gasteiger partial charge in [0.1, 0.15) is 0 Å². The van der Waals surface area contributed by atoms with Crippen molar-refractivity contribution >= 4 is 11.6 Å².